The molecule has 8 heteroatoms. The summed E-state index contributed by atoms with van der Waals surface area (Å²) in [5, 5.41) is 2.85. The lowest BCUT2D eigenvalue weighted by atomic mass is 10.1. The van der Waals surface area contributed by atoms with Gasteiger partial charge in [-0.3, -0.25) is 4.79 Å². The highest BCUT2D eigenvalue weighted by molar-refractivity contribution is 9.10. The average molecular weight is 315 g/mol. The number of rotatable bonds is 3. The van der Waals surface area contributed by atoms with Gasteiger partial charge >= 0.3 is 0 Å². The number of anilines is 2. The zero-order valence-electron chi connectivity index (χ0n) is 9.98. The second kappa shape index (κ2) is 5.49. The molecule has 1 aliphatic heterocycles. The van der Waals surface area contributed by atoms with Gasteiger partial charge in [-0.25, -0.2) is 15.8 Å². The van der Waals surface area contributed by atoms with E-state index in [0.717, 1.165) is 0 Å². The van der Waals surface area contributed by atoms with Crippen LogP contribution in [0.15, 0.2) is 10.8 Å². The summed E-state index contributed by atoms with van der Waals surface area (Å²) < 4.78 is 0.667. The molecule has 1 aliphatic rings. The molecule has 1 saturated heterocycles. The van der Waals surface area contributed by atoms with Crippen molar-refractivity contribution in [1.82, 2.24) is 15.3 Å². The largest absolute Gasteiger partial charge is 0.353 e. The first-order chi connectivity index (χ1) is 8.69. The van der Waals surface area contributed by atoms with E-state index in [4.69, 9.17) is 5.84 Å². The molecule has 4 N–H and O–H groups in total. The Kier molecular flexibility index (Phi) is 3.97. The Balaban J connectivity index is 2.37. The van der Waals surface area contributed by atoms with Crippen molar-refractivity contribution in [3.05, 3.63) is 10.8 Å². The number of nitrogen functional groups attached to an aromatic ring is 1. The SMILES string of the molecule is CCC1C(=O)NCCN1c1ncnc(NN)c1Br. The van der Waals surface area contributed by atoms with Gasteiger partial charge in [0.2, 0.25) is 5.91 Å². The quantitative estimate of drug-likeness (QED) is 0.546. The highest BCUT2D eigenvalue weighted by Gasteiger charge is 2.30. The summed E-state index contributed by atoms with van der Waals surface area (Å²) in [5.41, 5.74) is 2.49. The van der Waals surface area contributed by atoms with Gasteiger partial charge in [-0.15, -0.1) is 0 Å². The molecular formula is C10H15BrN6O. The number of nitrogens with one attached hydrogen (secondary N) is 2. The van der Waals surface area contributed by atoms with Crippen LogP contribution in [0.4, 0.5) is 11.6 Å². The molecule has 0 spiro atoms. The van der Waals surface area contributed by atoms with E-state index in [-0.39, 0.29) is 11.9 Å². The Hall–Kier alpha value is -1.41. The van der Waals surface area contributed by atoms with E-state index < -0.39 is 0 Å². The van der Waals surface area contributed by atoms with Gasteiger partial charge in [0, 0.05) is 13.1 Å². The third kappa shape index (κ3) is 2.25. The van der Waals surface area contributed by atoms with Crippen LogP contribution in [0.1, 0.15) is 13.3 Å². The normalized spacial score (nSPS) is 19.6. The zero-order valence-corrected chi connectivity index (χ0v) is 11.6. The molecule has 1 amide bonds. The molecule has 1 aromatic heterocycles. The van der Waals surface area contributed by atoms with Crippen LogP contribution in [-0.4, -0.2) is 35.0 Å². The maximum absolute atomic E-state index is 11.8. The number of amides is 1. The molecular weight excluding hydrogens is 300 g/mol. The summed E-state index contributed by atoms with van der Waals surface area (Å²) in [7, 11) is 0. The summed E-state index contributed by atoms with van der Waals surface area (Å²) in [6.07, 6.45) is 2.14. The highest BCUT2D eigenvalue weighted by atomic mass is 79.9. The summed E-state index contributed by atoms with van der Waals surface area (Å²) >= 11 is 3.41. The fourth-order valence-electron chi connectivity index (χ4n) is 2.04. The second-order valence-electron chi connectivity index (χ2n) is 3.91. The van der Waals surface area contributed by atoms with Crippen molar-refractivity contribution in [3.8, 4) is 0 Å². The first-order valence-corrected chi connectivity index (χ1v) is 6.49. The third-order valence-electron chi connectivity index (χ3n) is 2.90. The summed E-state index contributed by atoms with van der Waals surface area (Å²) in [4.78, 5) is 22.0. The number of hydrazine groups is 1. The predicted molar refractivity (Wildman–Crippen MR) is 72.0 cm³/mol. The molecule has 1 unspecified atom stereocenters. The number of hydrogen-bond donors (Lipinski definition) is 3. The topological polar surface area (TPSA) is 96.2 Å². The lowest BCUT2D eigenvalue weighted by Gasteiger charge is -2.35. The van der Waals surface area contributed by atoms with Crippen LogP contribution >= 0.6 is 15.9 Å². The molecule has 18 heavy (non-hydrogen) atoms. The number of halogens is 1. The summed E-state index contributed by atoms with van der Waals surface area (Å²) in [5.74, 6) is 6.58. The molecule has 0 aliphatic carbocycles. The number of hydrogen-bond acceptors (Lipinski definition) is 6. The van der Waals surface area contributed by atoms with Crippen molar-refractivity contribution in [2.75, 3.05) is 23.4 Å². The average Bonchev–Trinajstić information content (AvgIpc) is 2.39. The molecule has 0 bridgehead atoms. The smallest absolute Gasteiger partial charge is 0.242 e. The van der Waals surface area contributed by atoms with Gasteiger partial charge in [0.1, 0.15) is 22.7 Å². The Labute approximate surface area is 113 Å². The molecule has 0 aromatic carbocycles. The van der Waals surface area contributed by atoms with Crippen LogP contribution in [-0.2, 0) is 4.79 Å². The molecule has 2 rings (SSSR count). The molecule has 7 nitrogen and oxygen atoms in total. The van der Waals surface area contributed by atoms with Gasteiger partial charge in [0.05, 0.1) is 0 Å². The van der Waals surface area contributed by atoms with E-state index in [1.165, 1.54) is 6.33 Å². The number of nitrogens with zero attached hydrogens (tertiary/aromatic N) is 3. The fourth-order valence-corrected chi connectivity index (χ4v) is 2.58. The number of carbonyl (C=O) groups is 1. The van der Waals surface area contributed by atoms with Crippen LogP contribution in [0.5, 0.6) is 0 Å². The van der Waals surface area contributed by atoms with Crippen molar-refractivity contribution in [2.45, 2.75) is 19.4 Å². The van der Waals surface area contributed by atoms with E-state index >= 15 is 0 Å². The van der Waals surface area contributed by atoms with Gasteiger partial charge < -0.3 is 15.6 Å². The van der Waals surface area contributed by atoms with Gasteiger partial charge in [0.25, 0.3) is 0 Å². The van der Waals surface area contributed by atoms with E-state index in [9.17, 15) is 4.79 Å². The molecule has 1 aromatic rings. The Morgan fingerprint density at radius 2 is 2.44 bits per heavy atom. The zero-order chi connectivity index (χ0) is 13.1. The van der Waals surface area contributed by atoms with Gasteiger partial charge in [0.15, 0.2) is 5.82 Å². The van der Waals surface area contributed by atoms with Crippen LogP contribution in [0, 0.1) is 0 Å². The van der Waals surface area contributed by atoms with E-state index in [1.807, 2.05) is 11.8 Å². The lowest BCUT2D eigenvalue weighted by molar-refractivity contribution is -0.123. The minimum atomic E-state index is -0.212. The molecule has 0 saturated carbocycles. The van der Waals surface area contributed by atoms with Gasteiger partial charge in [-0.1, -0.05) is 6.92 Å². The molecule has 98 valence electrons. The number of aromatic nitrogens is 2. The summed E-state index contributed by atoms with van der Waals surface area (Å²) in [6, 6.07) is -0.212. The maximum Gasteiger partial charge on any atom is 0.242 e. The van der Waals surface area contributed by atoms with E-state index in [2.05, 4.69) is 36.6 Å². The minimum absolute atomic E-state index is 0.0246. The maximum atomic E-state index is 11.8. The molecule has 0 radical (unpaired) electrons. The van der Waals surface area contributed by atoms with Crippen LogP contribution in [0.2, 0.25) is 0 Å². The first kappa shape index (κ1) is 13.0. The van der Waals surface area contributed by atoms with Crippen molar-refractivity contribution < 1.29 is 4.79 Å². The Bertz CT molecular complexity index is 454. The third-order valence-corrected chi connectivity index (χ3v) is 3.63. The summed E-state index contributed by atoms with van der Waals surface area (Å²) in [6.45, 7) is 3.29. The van der Waals surface area contributed by atoms with Crippen LogP contribution in [0.3, 0.4) is 0 Å². The first-order valence-electron chi connectivity index (χ1n) is 5.70. The van der Waals surface area contributed by atoms with E-state index in [0.29, 0.717) is 35.6 Å². The monoisotopic (exact) mass is 314 g/mol. The van der Waals surface area contributed by atoms with Gasteiger partial charge in [-0.2, -0.15) is 0 Å². The number of carbonyl (C=O) groups excluding carboxylic acids is 1. The van der Waals surface area contributed by atoms with E-state index in [1.54, 1.807) is 0 Å². The van der Waals surface area contributed by atoms with Crippen molar-refractivity contribution in [1.29, 1.82) is 0 Å². The van der Waals surface area contributed by atoms with Crippen LogP contribution < -0.4 is 21.5 Å². The predicted octanol–water partition coefficient (Wildman–Crippen LogP) is 0.239. The van der Waals surface area contributed by atoms with Crippen molar-refractivity contribution in [3.63, 3.8) is 0 Å². The second-order valence-corrected chi connectivity index (χ2v) is 4.71. The van der Waals surface area contributed by atoms with Gasteiger partial charge in [-0.05, 0) is 22.4 Å². The number of nitrogens with two attached hydrogens (primary N) is 1. The Morgan fingerprint density at radius 3 is 3.11 bits per heavy atom. The fraction of sp³-hybridized carbons (Fsp3) is 0.500. The Morgan fingerprint density at radius 1 is 1.67 bits per heavy atom. The van der Waals surface area contributed by atoms with Crippen LogP contribution in [0.25, 0.3) is 0 Å². The standard InChI is InChI=1S/C10H15BrN6O/c1-2-6-10(18)13-3-4-17(6)9-7(11)8(16-12)14-5-15-9/h5-6H,2-4,12H2,1H3,(H,13,18)(H,14,15,16). The lowest BCUT2D eigenvalue weighted by Crippen LogP contribution is -2.55. The molecule has 1 atom stereocenters. The number of piperazine rings is 1. The van der Waals surface area contributed by atoms with Crippen molar-refractivity contribution in [2.24, 2.45) is 5.84 Å². The highest BCUT2D eigenvalue weighted by Crippen LogP contribution is 2.31. The molecule has 1 fully saturated rings. The van der Waals surface area contributed by atoms with Crippen molar-refractivity contribution >= 4 is 33.5 Å². The molecule has 2 heterocycles. The minimum Gasteiger partial charge on any atom is -0.353 e.